The Morgan fingerprint density at radius 2 is 1.84 bits per heavy atom. The molecule has 5 N–H and O–H groups in total. The van der Waals surface area contributed by atoms with Gasteiger partial charge in [0.05, 0.1) is 18.2 Å². The number of benzene rings is 1. The van der Waals surface area contributed by atoms with Gasteiger partial charge in [0.15, 0.2) is 5.78 Å². The van der Waals surface area contributed by atoms with Gasteiger partial charge in [-0.3, -0.25) is 19.2 Å². The molecule has 0 aliphatic rings. The quantitative estimate of drug-likeness (QED) is 0.297. The van der Waals surface area contributed by atoms with Crippen LogP contribution in [-0.2, 0) is 32.1 Å². The van der Waals surface area contributed by atoms with Gasteiger partial charge in [-0.2, -0.15) is 0 Å². The van der Waals surface area contributed by atoms with Crippen LogP contribution in [0.5, 0.6) is 0 Å². The number of nitrogens with one attached hydrogen (secondary N) is 5. The highest BCUT2D eigenvalue weighted by atomic mass is 35.5. The van der Waals surface area contributed by atoms with Crippen LogP contribution in [0.2, 0.25) is 5.02 Å². The zero-order valence-electron chi connectivity index (χ0n) is 17.5. The van der Waals surface area contributed by atoms with Crippen molar-refractivity contribution in [2.24, 2.45) is 0 Å². The molecule has 1 aromatic heterocycles. The molecule has 0 spiro atoms. The number of carbonyl (C=O) groups is 4. The molecule has 32 heavy (non-hydrogen) atoms. The molecule has 0 aliphatic carbocycles. The predicted octanol–water partition coefficient (Wildman–Crippen LogP) is 0.910. The second kappa shape index (κ2) is 12.4. The van der Waals surface area contributed by atoms with Gasteiger partial charge in [-0.1, -0.05) is 23.7 Å². The molecule has 10 nitrogen and oxygen atoms in total. The fourth-order valence-corrected chi connectivity index (χ4v) is 3.01. The lowest BCUT2D eigenvalue weighted by Crippen LogP contribution is -2.54. The van der Waals surface area contributed by atoms with Crippen LogP contribution >= 0.6 is 11.6 Å². The third kappa shape index (κ3) is 8.31. The maximum atomic E-state index is 12.9. The summed E-state index contributed by atoms with van der Waals surface area (Å²) in [7, 11) is 0. The number of aromatic nitrogens is 2. The monoisotopic (exact) mass is 460 g/mol. The zero-order valence-corrected chi connectivity index (χ0v) is 18.2. The van der Waals surface area contributed by atoms with Gasteiger partial charge >= 0.3 is 0 Å². The van der Waals surface area contributed by atoms with Gasteiger partial charge in [-0.05, 0) is 24.1 Å². The Morgan fingerprint density at radius 1 is 1.12 bits per heavy atom. The Kier molecular flexibility index (Phi) is 9.55. The molecular weight excluding hydrogens is 436 g/mol. The Labute approximate surface area is 190 Å². The molecule has 3 amide bonds. The van der Waals surface area contributed by atoms with Gasteiger partial charge in [0, 0.05) is 37.5 Å². The number of ketones is 1. The first-order valence-corrected chi connectivity index (χ1v) is 10.3. The fraction of sp³-hybridized carbons (Fsp3) is 0.333. The maximum absolute atomic E-state index is 12.9. The number of hydrogen-bond acceptors (Lipinski definition) is 6. The molecule has 0 saturated heterocycles. The van der Waals surface area contributed by atoms with E-state index in [2.05, 4.69) is 25.9 Å². The molecule has 2 aromatic rings. The maximum Gasteiger partial charge on any atom is 0.243 e. The van der Waals surface area contributed by atoms with Crippen LogP contribution in [0.4, 0.5) is 0 Å². The van der Waals surface area contributed by atoms with Crippen LogP contribution in [0, 0.1) is 5.41 Å². The van der Waals surface area contributed by atoms with Crippen LogP contribution in [0.25, 0.3) is 0 Å². The van der Waals surface area contributed by atoms with Crippen molar-refractivity contribution in [3.05, 3.63) is 53.1 Å². The minimum Gasteiger partial charge on any atom is -0.351 e. The summed E-state index contributed by atoms with van der Waals surface area (Å²) < 4.78 is 0. The number of amides is 3. The van der Waals surface area contributed by atoms with E-state index < -0.39 is 35.6 Å². The summed E-state index contributed by atoms with van der Waals surface area (Å²) >= 11 is 5.86. The van der Waals surface area contributed by atoms with E-state index in [4.69, 9.17) is 17.0 Å². The standard InChI is InChI=1S/C21H25ClN6O4/c1-13(29)27-19(8-16-11-24-12-26-16)21(32)28-18(7-6-17(30)9-23)20(31)25-10-14-2-4-15(22)5-3-14/h2-5,9,11-12,18-19,23H,6-8,10H2,1H3,(H,24,26)(H,25,31)(H,27,29)(H,28,32)/t18-,19-/m0/s1. The first-order valence-electron chi connectivity index (χ1n) is 9.89. The molecule has 11 heteroatoms. The molecule has 0 bridgehead atoms. The van der Waals surface area contributed by atoms with E-state index in [0.717, 1.165) is 5.56 Å². The van der Waals surface area contributed by atoms with Gasteiger partial charge in [-0.15, -0.1) is 0 Å². The van der Waals surface area contributed by atoms with Crippen molar-refractivity contribution in [3.63, 3.8) is 0 Å². The molecule has 0 aliphatic heterocycles. The number of rotatable bonds is 12. The second-order valence-corrected chi connectivity index (χ2v) is 7.51. The van der Waals surface area contributed by atoms with Crippen molar-refractivity contribution in [1.82, 2.24) is 25.9 Å². The smallest absolute Gasteiger partial charge is 0.243 e. The highest BCUT2D eigenvalue weighted by molar-refractivity contribution is 6.30. The lowest BCUT2D eigenvalue weighted by atomic mass is 10.1. The van der Waals surface area contributed by atoms with Crippen LogP contribution < -0.4 is 16.0 Å². The van der Waals surface area contributed by atoms with Gasteiger partial charge < -0.3 is 26.3 Å². The number of imidazole rings is 1. The molecule has 0 saturated carbocycles. The second-order valence-electron chi connectivity index (χ2n) is 7.07. The van der Waals surface area contributed by atoms with E-state index in [-0.39, 0.29) is 25.8 Å². The van der Waals surface area contributed by atoms with Crippen molar-refractivity contribution >= 4 is 41.3 Å². The Hall–Kier alpha value is -3.53. The molecule has 0 radical (unpaired) electrons. The first kappa shape index (κ1) is 24.7. The summed E-state index contributed by atoms with van der Waals surface area (Å²) in [6.45, 7) is 1.48. The highest BCUT2D eigenvalue weighted by Crippen LogP contribution is 2.09. The summed E-state index contributed by atoms with van der Waals surface area (Å²) in [6.07, 6.45) is 3.75. The fourth-order valence-electron chi connectivity index (χ4n) is 2.88. The Balaban J connectivity index is 2.08. The average molecular weight is 461 g/mol. The average Bonchev–Trinajstić information content (AvgIpc) is 3.28. The summed E-state index contributed by atoms with van der Waals surface area (Å²) in [6, 6.07) is 4.91. The molecule has 2 atom stereocenters. The number of carbonyl (C=O) groups excluding carboxylic acids is 4. The Bertz CT molecular complexity index is 946. The molecular formula is C21H25ClN6O4. The number of aromatic amines is 1. The molecule has 1 aromatic carbocycles. The van der Waals surface area contributed by atoms with Crippen molar-refractivity contribution in [2.45, 2.75) is 44.8 Å². The molecule has 0 fully saturated rings. The van der Waals surface area contributed by atoms with Gasteiger partial charge in [0.1, 0.15) is 12.1 Å². The third-order valence-corrected chi connectivity index (χ3v) is 4.77. The first-order chi connectivity index (χ1) is 15.3. The number of halogens is 1. The van der Waals surface area contributed by atoms with E-state index in [1.807, 2.05) is 0 Å². The topological polar surface area (TPSA) is 157 Å². The minimum atomic E-state index is -1.03. The minimum absolute atomic E-state index is 0.00159. The largest absolute Gasteiger partial charge is 0.351 e. The number of hydrogen-bond donors (Lipinski definition) is 5. The van der Waals surface area contributed by atoms with E-state index in [1.54, 1.807) is 30.5 Å². The van der Waals surface area contributed by atoms with E-state index >= 15 is 0 Å². The Morgan fingerprint density at radius 3 is 2.44 bits per heavy atom. The molecule has 2 rings (SSSR count). The molecule has 0 unspecified atom stereocenters. The molecule has 170 valence electrons. The van der Waals surface area contributed by atoms with E-state index in [1.165, 1.54) is 13.3 Å². The normalized spacial score (nSPS) is 12.3. The van der Waals surface area contributed by atoms with Gasteiger partial charge in [0.25, 0.3) is 0 Å². The number of H-pyrrole nitrogens is 1. The van der Waals surface area contributed by atoms with Crippen molar-refractivity contribution < 1.29 is 19.2 Å². The lowest BCUT2D eigenvalue weighted by molar-refractivity contribution is -0.132. The SMILES string of the molecule is CC(=O)N[C@@H](Cc1c[nH]cn1)C(=O)N[C@@H](CCC(=O)C=N)C(=O)NCc1ccc(Cl)cc1. The van der Waals surface area contributed by atoms with Gasteiger partial charge in [-0.25, -0.2) is 4.98 Å². The highest BCUT2D eigenvalue weighted by Gasteiger charge is 2.27. The van der Waals surface area contributed by atoms with Gasteiger partial charge in [0.2, 0.25) is 17.7 Å². The molecule has 1 heterocycles. The van der Waals surface area contributed by atoms with Crippen molar-refractivity contribution in [3.8, 4) is 0 Å². The van der Waals surface area contributed by atoms with E-state index in [0.29, 0.717) is 16.9 Å². The van der Waals surface area contributed by atoms with Crippen LogP contribution in [0.3, 0.4) is 0 Å². The number of nitrogens with zero attached hydrogens (tertiary/aromatic N) is 1. The van der Waals surface area contributed by atoms with E-state index in [9.17, 15) is 19.2 Å². The summed E-state index contributed by atoms with van der Waals surface area (Å²) in [5.41, 5.74) is 1.36. The zero-order chi connectivity index (χ0) is 23.5. The summed E-state index contributed by atoms with van der Waals surface area (Å²) in [5.74, 6) is -1.96. The van der Waals surface area contributed by atoms with Crippen LogP contribution in [0.1, 0.15) is 31.0 Å². The van der Waals surface area contributed by atoms with Crippen LogP contribution in [-0.4, -0.2) is 51.8 Å². The van der Waals surface area contributed by atoms with Crippen molar-refractivity contribution in [2.75, 3.05) is 0 Å². The predicted molar refractivity (Wildman–Crippen MR) is 118 cm³/mol. The number of Topliss-reactive ketones (excluding diaryl/α,β-unsaturated/α-hetero) is 1. The third-order valence-electron chi connectivity index (χ3n) is 4.52. The summed E-state index contributed by atoms with van der Waals surface area (Å²) in [5, 5.41) is 15.5. The van der Waals surface area contributed by atoms with Crippen molar-refractivity contribution in [1.29, 1.82) is 5.41 Å². The van der Waals surface area contributed by atoms with Crippen LogP contribution in [0.15, 0.2) is 36.8 Å². The summed E-state index contributed by atoms with van der Waals surface area (Å²) in [4.78, 5) is 55.6. The lowest BCUT2D eigenvalue weighted by Gasteiger charge is -2.22.